The second-order valence-corrected chi connectivity index (χ2v) is 4.82. The Bertz CT molecular complexity index is 692. The number of nitrogens with zero attached hydrogens (tertiary/aromatic N) is 1. The topological polar surface area (TPSA) is 78.4 Å². The number of rotatable bonds is 4. The van der Waals surface area contributed by atoms with E-state index in [1.54, 1.807) is 13.0 Å². The van der Waals surface area contributed by atoms with Crippen LogP contribution in [-0.2, 0) is 0 Å². The molecule has 2 rings (SSSR count). The van der Waals surface area contributed by atoms with Crippen molar-refractivity contribution >= 4 is 17.3 Å². The predicted octanol–water partition coefficient (Wildman–Crippen LogP) is 4.20. The van der Waals surface area contributed by atoms with Crippen molar-refractivity contribution in [3.63, 3.8) is 0 Å². The first kappa shape index (κ1) is 15.2. The Morgan fingerprint density at radius 1 is 1.33 bits per heavy atom. The van der Waals surface area contributed by atoms with Gasteiger partial charge in [-0.15, -0.1) is 0 Å². The van der Waals surface area contributed by atoms with Crippen LogP contribution in [0.1, 0.15) is 18.5 Å². The van der Waals surface area contributed by atoms with Crippen LogP contribution in [-0.4, -0.2) is 4.92 Å². The lowest BCUT2D eigenvalue weighted by Gasteiger charge is -2.15. The molecule has 2 aromatic carbocycles. The van der Waals surface area contributed by atoms with Gasteiger partial charge in [-0.1, -0.05) is 17.7 Å². The van der Waals surface area contributed by atoms with Crippen molar-refractivity contribution in [2.24, 2.45) is 5.73 Å². The highest BCUT2D eigenvalue weighted by Gasteiger charge is 2.16. The van der Waals surface area contributed by atoms with E-state index in [2.05, 4.69) is 0 Å². The van der Waals surface area contributed by atoms with Gasteiger partial charge < -0.3 is 10.5 Å². The Balaban J connectivity index is 2.39. The zero-order valence-corrected chi connectivity index (χ0v) is 11.8. The zero-order chi connectivity index (χ0) is 15.6. The first-order valence-electron chi connectivity index (χ1n) is 6.06. The highest BCUT2D eigenvalue weighted by Crippen LogP contribution is 2.35. The number of nitrogens with two attached hydrogens (primary N) is 1. The lowest BCUT2D eigenvalue weighted by molar-refractivity contribution is -0.384. The van der Waals surface area contributed by atoms with E-state index in [0.717, 1.165) is 0 Å². The van der Waals surface area contributed by atoms with Gasteiger partial charge in [0.1, 0.15) is 17.3 Å². The monoisotopic (exact) mass is 310 g/mol. The molecule has 0 aliphatic rings. The summed E-state index contributed by atoms with van der Waals surface area (Å²) in [6, 6.07) is 7.53. The molecule has 0 spiro atoms. The molecule has 2 N–H and O–H groups in total. The molecule has 7 heteroatoms. The van der Waals surface area contributed by atoms with E-state index in [0.29, 0.717) is 0 Å². The fourth-order valence-corrected chi connectivity index (χ4v) is 2.07. The van der Waals surface area contributed by atoms with Gasteiger partial charge in [0.2, 0.25) is 0 Å². The Kier molecular flexibility index (Phi) is 4.40. The summed E-state index contributed by atoms with van der Waals surface area (Å²) in [5.41, 5.74) is 5.79. The van der Waals surface area contributed by atoms with Gasteiger partial charge in [-0.2, -0.15) is 0 Å². The molecule has 21 heavy (non-hydrogen) atoms. The summed E-state index contributed by atoms with van der Waals surface area (Å²) < 4.78 is 19.3. The Morgan fingerprint density at radius 2 is 2.05 bits per heavy atom. The fourth-order valence-electron chi connectivity index (χ4n) is 1.85. The Hall–Kier alpha value is -2.18. The third kappa shape index (κ3) is 3.29. The van der Waals surface area contributed by atoms with Gasteiger partial charge in [0.15, 0.2) is 0 Å². The lowest BCUT2D eigenvalue weighted by Crippen LogP contribution is -2.09. The number of ether oxygens (including phenoxy) is 1. The molecule has 2 aromatic rings. The molecule has 0 radical (unpaired) electrons. The van der Waals surface area contributed by atoms with Crippen molar-refractivity contribution in [2.75, 3.05) is 0 Å². The van der Waals surface area contributed by atoms with E-state index in [9.17, 15) is 14.5 Å². The number of nitro groups is 1. The average molecular weight is 311 g/mol. The van der Waals surface area contributed by atoms with Crippen LogP contribution < -0.4 is 10.5 Å². The quantitative estimate of drug-likeness (QED) is 0.678. The fraction of sp³-hybridized carbons (Fsp3) is 0.143. The molecule has 0 bridgehead atoms. The van der Waals surface area contributed by atoms with Crippen molar-refractivity contribution in [3.8, 4) is 11.5 Å². The van der Waals surface area contributed by atoms with Crippen LogP contribution in [0.25, 0.3) is 0 Å². The molecule has 0 aromatic heterocycles. The molecule has 0 fully saturated rings. The number of non-ortho nitro benzene ring substituents is 1. The summed E-state index contributed by atoms with van der Waals surface area (Å²) in [7, 11) is 0. The maximum Gasteiger partial charge on any atom is 0.271 e. The third-order valence-electron chi connectivity index (χ3n) is 2.81. The minimum Gasteiger partial charge on any atom is -0.455 e. The van der Waals surface area contributed by atoms with Crippen molar-refractivity contribution < 1.29 is 14.1 Å². The van der Waals surface area contributed by atoms with Gasteiger partial charge in [0.25, 0.3) is 5.69 Å². The first-order chi connectivity index (χ1) is 9.90. The molecule has 0 aliphatic carbocycles. The Labute approximate surface area is 125 Å². The zero-order valence-electron chi connectivity index (χ0n) is 11.0. The number of halogens is 2. The standard InChI is InChI=1S/C14H12ClFN2O3/c1-8(17)14-11(16)3-2-4-13(14)21-12-6-5-9(18(19)20)7-10(12)15/h2-8H,17H2,1H3/t8-/m0/s1. The highest BCUT2D eigenvalue weighted by molar-refractivity contribution is 6.32. The first-order valence-corrected chi connectivity index (χ1v) is 6.43. The van der Waals surface area contributed by atoms with Crippen LogP contribution in [0.4, 0.5) is 10.1 Å². The van der Waals surface area contributed by atoms with Crippen LogP contribution in [0.3, 0.4) is 0 Å². The van der Waals surface area contributed by atoms with E-state index >= 15 is 0 Å². The number of hydrogen-bond donors (Lipinski definition) is 1. The molecule has 0 aliphatic heterocycles. The summed E-state index contributed by atoms with van der Waals surface area (Å²) in [4.78, 5) is 10.1. The maximum atomic E-state index is 13.8. The summed E-state index contributed by atoms with van der Waals surface area (Å²) in [5, 5.41) is 10.7. The predicted molar refractivity (Wildman–Crippen MR) is 77.2 cm³/mol. The molecule has 0 unspecified atom stereocenters. The minimum absolute atomic E-state index is 0.0593. The summed E-state index contributed by atoms with van der Waals surface area (Å²) in [6.07, 6.45) is 0. The van der Waals surface area contributed by atoms with Gasteiger partial charge in [-0.3, -0.25) is 10.1 Å². The number of benzene rings is 2. The second-order valence-electron chi connectivity index (χ2n) is 4.41. The van der Waals surface area contributed by atoms with Crippen LogP contribution >= 0.6 is 11.6 Å². The molecular formula is C14H12ClFN2O3. The van der Waals surface area contributed by atoms with E-state index in [1.165, 1.54) is 30.3 Å². The average Bonchev–Trinajstić information content (AvgIpc) is 2.40. The summed E-state index contributed by atoms with van der Waals surface area (Å²) >= 11 is 5.94. The lowest BCUT2D eigenvalue weighted by atomic mass is 10.1. The summed E-state index contributed by atoms with van der Waals surface area (Å²) in [6.45, 7) is 1.63. The van der Waals surface area contributed by atoms with E-state index in [4.69, 9.17) is 22.1 Å². The van der Waals surface area contributed by atoms with Gasteiger partial charge in [0.05, 0.1) is 9.95 Å². The number of hydrogen-bond acceptors (Lipinski definition) is 4. The molecular weight excluding hydrogens is 299 g/mol. The SMILES string of the molecule is C[C@H](N)c1c(F)cccc1Oc1ccc([N+](=O)[O-])cc1Cl. The largest absolute Gasteiger partial charge is 0.455 e. The minimum atomic E-state index is -0.571. The molecule has 5 nitrogen and oxygen atoms in total. The van der Waals surface area contributed by atoms with Crippen LogP contribution in [0, 0.1) is 15.9 Å². The van der Waals surface area contributed by atoms with Crippen LogP contribution in [0.5, 0.6) is 11.5 Å². The van der Waals surface area contributed by atoms with Crippen molar-refractivity contribution in [3.05, 3.63) is 62.9 Å². The van der Waals surface area contributed by atoms with Gasteiger partial charge in [-0.25, -0.2) is 4.39 Å². The molecule has 1 atom stereocenters. The molecule has 110 valence electrons. The van der Waals surface area contributed by atoms with Gasteiger partial charge >= 0.3 is 0 Å². The maximum absolute atomic E-state index is 13.8. The Morgan fingerprint density at radius 3 is 2.62 bits per heavy atom. The smallest absolute Gasteiger partial charge is 0.271 e. The molecule has 0 amide bonds. The van der Waals surface area contributed by atoms with Crippen LogP contribution in [0.2, 0.25) is 5.02 Å². The van der Waals surface area contributed by atoms with Crippen molar-refractivity contribution in [1.82, 2.24) is 0 Å². The third-order valence-corrected chi connectivity index (χ3v) is 3.11. The number of nitro benzene ring substituents is 1. The second kappa shape index (κ2) is 6.07. The van der Waals surface area contributed by atoms with E-state index in [-0.39, 0.29) is 27.8 Å². The summed E-state index contributed by atoms with van der Waals surface area (Å²) in [5.74, 6) is -0.0731. The van der Waals surface area contributed by atoms with Gasteiger partial charge in [-0.05, 0) is 25.1 Å². The highest BCUT2D eigenvalue weighted by atomic mass is 35.5. The van der Waals surface area contributed by atoms with Gasteiger partial charge in [0, 0.05) is 23.7 Å². The van der Waals surface area contributed by atoms with E-state index < -0.39 is 16.8 Å². The van der Waals surface area contributed by atoms with Crippen LogP contribution in [0.15, 0.2) is 36.4 Å². The van der Waals surface area contributed by atoms with E-state index in [1.807, 2.05) is 0 Å². The van der Waals surface area contributed by atoms with Crippen molar-refractivity contribution in [2.45, 2.75) is 13.0 Å². The normalized spacial score (nSPS) is 12.0. The molecule has 0 saturated heterocycles. The molecule has 0 saturated carbocycles. The van der Waals surface area contributed by atoms with Crippen molar-refractivity contribution in [1.29, 1.82) is 0 Å². The molecule has 0 heterocycles.